The Bertz CT molecular complexity index is 537. The lowest BCUT2D eigenvalue weighted by Crippen LogP contribution is -2.38. The lowest BCUT2D eigenvalue weighted by atomic mass is 9.97. The van der Waals surface area contributed by atoms with Gasteiger partial charge in [0.05, 0.1) is 0 Å². The van der Waals surface area contributed by atoms with Crippen molar-refractivity contribution < 1.29 is 9.53 Å². The minimum atomic E-state index is -0.506. The number of likely N-dealkylation sites (tertiary alicyclic amines) is 1. The first-order valence-corrected chi connectivity index (χ1v) is 8.98. The van der Waals surface area contributed by atoms with Gasteiger partial charge in [-0.2, -0.15) is 0 Å². The number of carbonyl (C=O) groups excluding carboxylic acids is 1. The molecule has 0 unspecified atom stereocenters. The first-order valence-electron chi connectivity index (χ1n) is 8.98. The van der Waals surface area contributed by atoms with Crippen LogP contribution in [0.5, 0.6) is 0 Å². The van der Waals surface area contributed by atoms with Crippen molar-refractivity contribution in [3.8, 4) is 0 Å². The summed E-state index contributed by atoms with van der Waals surface area (Å²) >= 11 is 0. The van der Waals surface area contributed by atoms with Crippen molar-refractivity contribution in [2.45, 2.75) is 65.0 Å². The molecule has 5 nitrogen and oxygen atoms in total. The molecule has 2 heterocycles. The van der Waals surface area contributed by atoms with Crippen LogP contribution in [0.3, 0.4) is 0 Å². The Labute approximate surface area is 146 Å². The summed E-state index contributed by atoms with van der Waals surface area (Å²) in [6.07, 6.45) is 6.13. The Kier molecular flexibility index (Phi) is 6.21. The summed E-state index contributed by atoms with van der Waals surface area (Å²) in [7, 11) is 2.17. The molecule has 1 atom stereocenters. The Morgan fingerprint density at radius 3 is 2.67 bits per heavy atom. The van der Waals surface area contributed by atoms with Gasteiger partial charge in [0.25, 0.3) is 0 Å². The van der Waals surface area contributed by atoms with Gasteiger partial charge in [0.2, 0.25) is 0 Å². The van der Waals surface area contributed by atoms with E-state index >= 15 is 0 Å². The van der Waals surface area contributed by atoms with Crippen LogP contribution in [0.25, 0.3) is 0 Å². The van der Waals surface area contributed by atoms with E-state index < -0.39 is 5.60 Å². The molecule has 1 saturated heterocycles. The van der Waals surface area contributed by atoms with E-state index in [2.05, 4.69) is 23.0 Å². The van der Waals surface area contributed by atoms with Crippen LogP contribution in [0, 0.1) is 0 Å². The summed E-state index contributed by atoms with van der Waals surface area (Å²) < 4.78 is 5.51. The molecule has 5 heteroatoms. The maximum absolute atomic E-state index is 12.4. The zero-order valence-electron chi connectivity index (χ0n) is 15.7. The van der Waals surface area contributed by atoms with Crippen LogP contribution < -0.4 is 4.90 Å². The summed E-state index contributed by atoms with van der Waals surface area (Å²) in [5, 5.41) is 0. The standard InChI is InChI=1S/C19H31N3O2/c1-6-12-22(18(23)24-19(2,3)4)17-11-10-15(14-20-17)16-9-7-8-13-21(16)5/h10-11,14,16H,6-9,12-13H2,1-5H3/t16-/m0/s1. The van der Waals surface area contributed by atoms with Gasteiger partial charge in [0.1, 0.15) is 11.4 Å². The maximum atomic E-state index is 12.4. The van der Waals surface area contributed by atoms with E-state index in [0.717, 1.165) is 13.0 Å². The molecule has 1 aliphatic rings. The van der Waals surface area contributed by atoms with E-state index in [1.807, 2.05) is 40.0 Å². The van der Waals surface area contributed by atoms with E-state index in [9.17, 15) is 4.79 Å². The molecule has 0 radical (unpaired) electrons. The molecule has 1 aromatic heterocycles. The second kappa shape index (κ2) is 7.97. The fourth-order valence-corrected chi connectivity index (χ4v) is 3.09. The average Bonchev–Trinajstić information content (AvgIpc) is 2.52. The largest absolute Gasteiger partial charge is 0.443 e. The van der Waals surface area contributed by atoms with Crippen LogP contribution in [0.4, 0.5) is 10.6 Å². The van der Waals surface area contributed by atoms with Crippen molar-refractivity contribution in [1.82, 2.24) is 9.88 Å². The molecule has 24 heavy (non-hydrogen) atoms. The number of hydrogen-bond donors (Lipinski definition) is 0. The van der Waals surface area contributed by atoms with Gasteiger partial charge in [-0.3, -0.25) is 9.80 Å². The molecule has 1 aromatic rings. The second-order valence-corrected chi connectivity index (χ2v) is 7.57. The van der Waals surface area contributed by atoms with Gasteiger partial charge >= 0.3 is 6.09 Å². The lowest BCUT2D eigenvalue weighted by molar-refractivity contribution is 0.0579. The molecule has 1 aliphatic heterocycles. The van der Waals surface area contributed by atoms with Crippen LogP contribution in [0.15, 0.2) is 18.3 Å². The number of ether oxygens (including phenoxy) is 1. The van der Waals surface area contributed by atoms with Gasteiger partial charge in [-0.25, -0.2) is 9.78 Å². The molecule has 2 rings (SSSR count). The third-order valence-electron chi connectivity index (χ3n) is 4.26. The summed E-state index contributed by atoms with van der Waals surface area (Å²) in [5.41, 5.74) is 0.718. The minimum Gasteiger partial charge on any atom is -0.443 e. The van der Waals surface area contributed by atoms with Crippen LogP contribution in [0.1, 0.15) is 65.0 Å². The summed E-state index contributed by atoms with van der Waals surface area (Å²) in [6, 6.07) is 4.47. The number of rotatable bonds is 4. The van der Waals surface area contributed by atoms with E-state index in [0.29, 0.717) is 18.4 Å². The molecule has 1 fully saturated rings. The van der Waals surface area contributed by atoms with Crippen molar-refractivity contribution in [3.63, 3.8) is 0 Å². The van der Waals surface area contributed by atoms with Crippen LogP contribution in [-0.2, 0) is 4.74 Å². The molecule has 0 N–H and O–H groups in total. The Hall–Kier alpha value is -1.62. The van der Waals surface area contributed by atoms with Gasteiger partial charge < -0.3 is 4.74 Å². The Morgan fingerprint density at radius 2 is 2.12 bits per heavy atom. The third-order valence-corrected chi connectivity index (χ3v) is 4.26. The fraction of sp³-hybridized carbons (Fsp3) is 0.684. The number of hydrogen-bond acceptors (Lipinski definition) is 4. The van der Waals surface area contributed by atoms with Gasteiger partial charge in [-0.15, -0.1) is 0 Å². The highest BCUT2D eigenvalue weighted by molar-refractivity contribution is 5.86. The molecule has 0 bridgehead atoms. The number of nitrogens with zero attached hydrogens (tertiary/aromatic N) is 3. The average molecular weight is 333 g/mol. The highest BCUT2D eigenvalue weighted by Gasteiger charge is 2.25. The number of piperidine rings is 1. The maximum Gasteiger partial charge on any atom is 0.416 e. The van der Waals surface area contributed by atoms with Crippen molar-refractivity contribution in [3.05, 3.63) is 23.9 Å². The molecule has 0 spiro atoms. The van der Waals surface area contributed by atoms with Crippen molar-refractivity contribution in [2.24, 2.45) is 0 Å². The van der Waals surface area contributed by atoms with Crippen molar-refractivity contribution in [2.75, 3.05) is 25.0 Å². The summed E-state index contributed by atoms with van der Waals surface area (Å²) in [6.45, 7) is 9.42. The zero-order chi connectivity index (χ0) is 17.7. The first kappa shape index (κ1) is 18.7. The van der Waals surface area contributed by atoms with E-state index in [-0.39, 0.29) is 6.09 Å². The number of anilines is 1. The quantitative estimate of drug-likeness (QED) is 0.820. The smallest absolute Gasteiger partial charge is 0.416 e. The molecule has 0 aromatic carbocycles. The predicted octanol–water partition coefficient (Wildman–Crippen LogP) is 4.39. The normalized spacial score (nSPS) is 19.1. The predicted molar refractivity (Wildman–Crippen MR) is 97.3 cm³/mol. The van der Waals surface area contributed by atoms with Gasteiger partial charge in [-0.1, -0.05) is 19.4 Å². The van der Waals surface area contributed by atoms with E-state index in [4.69, 9.17) is 4.74 Å². The van der Waals surface area contributed by atoms with Crippen LogP contribution in [0.2, 0.25) is 0 Å². The minimum absolute atomic E-state index is 0.334. The SMILES string of the molecule is CCCN(C(=O)OC(C)(C)C)c1ccc([C@@H]2CCCCN2C)cn1. The highest BCUT2D eigenvalue weighted by atomic mass is 16.6. The molecular formula is C19H31N3O2. The molecule has 0 saturated carbocycles. The fourth-order valence-electron chi connectivity index (χ4n) is 3.09. The first-order chi connectivity index (χ1) is 11.3. The third kappa shape index (κ3) is 4.94. The van der Waals surface area contributed by atoms with E-state index in [1.54, 1.807) is 4.90 Å². The molecule has 1 amide bonds. The summed E-state index contributed by atoms with van der Waals surface area (Å²) in [5.74, 6) is 0.660. The van der Waals surface area contributed by atoms with Gasteiger partial charge in [-0.05, 0) is 65.3 Å². The van der Waals surface area contributed by atoms with Gasteiger partial charge in [0, 0.05) is 18.8 Å². The monoisotopic (exact) mass is 333 g/mol. The Balaban J connectivity index is 2.14. The zero-order valence-corrected chi connectivity index (χ0v) is 15.7. The van der Waals surface area contributed by atoms with Gasteiger partial charge in [0.15, 0.2) is 0 Å². The Morgan fingerprint density at radius 1 is 1.38 bits per heavy atom. The number of aromatic nitrogens is 1. The highest BCUT2D eigenvalue weighted by Crippen LogP contribution is 2.29. The van der Waals surface area contributed by atoms with Crippen molar-refractivity contribution in [1.29, 1.82) is 0 Å². The topological polar surface area (TPSA) is 45.7 Å². The second-order valence-electron chi connectivity index (χ2n) is 7.57. The van der Waals surface area contributed by atoms with Crippen LogP contribution in [-0.4, -0.2) is 41.7 Å². The van der Waals surface area contributed by atoms with Crippen molar-refractivity contribution >= 4 is 11.9 Å². The molecule has 0 aliphatic carbocycles. The number of amides is 1. The number of pyridine rings is 1. The number of carbonyl (C=O) groups is 1. The van der Waals surface area contributed by atoms with Crippen LogP contribution >= 0.6 is 0 Å². The lowest BCUT2D eigenvalue weighted by Gasteiger charge is -2.33. The molecule has 134 valence electrons. The molecular weight excluding hydrogens is 302 g/mol. The summed E-state index contributed by atoms with van der Waals surface area (Å²) in [4.78, 5) is 21.0. The van der Waals surface area contributed by atoms with E-state index in [1.165, 1.54) is 24.8 Å².